The lowest BCUT2D eigenvalue weighted by Gasteiger charge is -2.03. The molecule has 3 aromatic rings. The van der Waals surface area contributed by atoms with Gasteiger partial charge in [-0.25, -0.2) is 14.4 Å². The number of benzene rings is 1. The first-order valence-corrected chi connectivity index (χ1v) is 8.43. The third kappa shape index (κ3) is 4.59. The van der Waals surface area contributed by atoms with Crippen LogP contribution >= 0.6 is 22.9 Å². The molecule has 1 amide bonds. The van der Waals surface area contributed by atoms with Crippen LogP contribution in [0, 0.1) is 5.82 Å². The van der Waals surface area contributed by atoms with Gasteiger partial charge in [0.25, 0.3) is 0 Å². The molecule has 122 valence electrons. The molecule has 4 nitrogen and oxygen atoms in total. The number of thiazole rings is 1. The minimum Gasteiger partial charge on any atom is -0.324 e. The average Bonchev–Trinajstić information content (AvgIpc) is 2.99. The predicted octanol–water partition coefficient (Wildman–Crippen LogP) is 4.10. The summed E-state index contributed by atoms with van der Waals surface area (Å²) in [6, 6.07) is 9.62. The van der Waals surface area contributed by atoms with Gasteiger partial charge in [-0.3, -0.25) is 4.79 Å². The van der Waals surface area contributed by atoms with Crippen molar-refractivity contribution in [1.29, 1.82) is 0 Å². The topological polar surface area (TPSA) is 54.9 Å². The van der Waals surface area contributed by atoms with Gasteiger partial charge in [0.15, 0.2) is 0 Å². The highest BCUT2D eigenvalue weighted by Gasteiger charge is 2.09. The molecule has 0 fully saturated rings. The molecular formula is C17H13ClFN3OS. The molecule has 0 saturated heterocycles. The lowest BCUT2D eigenvalue weighted by Crippen LogP contribution is -2.14. The molecule has 0 atom stereocenters. The fourth-order valence-corrected chi connectivity index (χ4v) is 3.05. The molecular weight excluding hydrogens is 349 g/mol. The number of nitrogens with zero attached hydrogens (tertiary/aromatic N) is 2. The number of amides is 1. The molecule has 7 heteroatoms. The van der Waals surface area contributed by atoms with Crippen molar-refractivity contribution in [3.8, 4) is 0 Å². The second-order valence-electron chi connectivity index (χ2n) is 5.13. The van der Waals surface area contributed by atoms with Crippen LogP contribution in [-0.2, 0) is 17.6 Å². The van der Waals surface area contributed by atoms with Crippen molar-refractivity contribution < 1.29 is 9.18 Å². The number of carbonyl (C=O) groups excluding carboxylic acids is 1. The number of anilines is 1. The van der Waals surface area contributed by atoms with Crippen LogP contribution in [0.1, 0.15) is 16.3 Å². The average molecular weight is 362 g/mol. The molecule has 2 heterocycles. The van der Waals surface area contributed by atoms with E-state index in [2.05, 4.69) is 15.3 Å². The molecule has 24 heavy (non-hydrogen) atoms. The molecule has 0 aliphatic heterocycles. The van der Waals surface area contributed by atoms with Crippen molar-refractivity contribution in [3.05, 3.63) is 75.2 Å². The van der Waals surface area contributed by atoms with Gasteiger partial charge < -0.3 is 5.32 Å². The van der Waals surface area contributed by atoms with E-state index in [4.69, 9.17) is 11.6 Å². The number of nitrogens with one attached hydrogen (secondary N) is 1. The molecule has 3 rings (SSSR count). The van der Waals surface area contributed by atoms with E-state index in [9.17, 15) is 9.18 Å². The van der Waals surface area contributed by atoms with Crippen LogP contribution in [0.4, 0.5) is 10.1 Å². The van der Waals surface area contributed by atoms with Gasteiger partial charge in [0, 0.05) is 11.8 Å². The highest BCUT2D eigenvalue weighted by atomic mass is 35.5. The first-order chi connectivity index (χ1) is 11.6. The number of hydrogen-bond acceptors (Lipinski definition) is 4. The van der Waals surface area contributed by atoms with Crippen molar-refractivity contribution in [1.82, 2.24) is 9.97 Å². The van der Waals surface area contributed by atoms with Gasteiger partial charge in [-0.15, -0.1) is 11.3 Å². The van der Waals surface area contributed by atoms with Crippen LogP contribution in [0.15, 0.2) is 48.0 Å². The summed E-state index contributed by atoms with van der Waals surface area (Å²) in [5.41, 5.74) is 2.27. The van der Waals surface area contributed by atoms with E-state index >= 15 is 0 Å². The summed E-state index contributed by atoms with van der Waals surface area (Å²) in [5.74, 6) is -0.426. The summed E-state index contributed by atoms with van der Waals surface area (Å²) in [6.45, 7) is 0. The highest BCUT2D eigenvalue weighted by molar-refractivity contribution is 7.09. The third-order valence-corrected chi connectivity index (χ3v) is 4.34. The van der Waals surface area contributed by atoms with Crippen molar-refractivity contribution in [3.63, 3.8) is 0 Å². The number of rotatable bonds is 5. The predicted molar refractivity (Wildman–Crippen MR) is 92.9 cm³/mol. The van der Waals surface area contributed by atoms with Crippen molar-refractivity contribution >= 4 is 34.5 Å². The molecule has 1 N–H and O–H groups in total. The Kier molecular flexibility index (Phi) is 5.17. The van der Waals surface area contributed by atoms with E-state index in [1.165, 1.54) is 29.7 Å². The maximum Gasteiger partial charge on any atom is 0.230 e. The second kappa shape index (κ2) is 7.51. The second-order valence-corrected chi connectivity index (χ2v) is 6.46. The van der Waals surface area contributed by atoms with Crippen LogP contribution in [0.25, 0.3) is 0 Å². The zero-order chi connectivity index (χ0) is 16.9. The van der Waals surface area contributed by atoms with E-state index in [0.717, 1.165) is 10.6 Å². The van der Waals surface area contributed by atoms with Gasteiger partial charge in [-0.1, -0.05) is 23.7 Å². The molecule has 0 radical (unpaired) electrons. The Labute approximate surface area is 147 Å². The molecule has 0 aliphatic carbocycles. The van der Waals surface area contributed by atoms with Gasteiger partial charge in [0.05, 0.1) is 29.0 Å². The normalized spacial score (nSPS) is 10.6. The Morgan fingerprint density at radius 2 is 2.00 bits per heavy atom. The van der Waals surface area contributed by atoms with Crippen LogP contribution < -0.4 is 5.32 Å². The fraction of sp³-hybridized carbons (Fsp3) is 0.118. The van der Waals surface area contributed by atoms with Gasteiger partial charge in [-0.05, 0) is 29.8 Å². The van der Waals surface area contributed by atoms with Crippen molar-refractivity contribution in [2.24, 2.45) is 0 Å². The number of pyridine rings is 1. The lowest BCUT2D eigenvalue weighted by molar-refractivity contribution is -0.115. The SMILES string of the molecule is O=C(Cc1csc(Cc2ccc(F)cc2)n1)Nc1ccc(Cl)nc1. The van der Waals surface area contributed by atoms with Crippen molar-refractivity contribution in [2.75, 3.05) is 5.32 Å². The number of halogens is 2. The first kappa shape index (κ1) is 16.5. The van der Waals surface area contributed by atoms with Crippen molar-refractivity contribution in [2.45, 2.75) is 12.8 Å². The maximum absolute atomic E-state index is 12.9. The maximum atomic E-state index is 12.9. The zero-order valence-electron chi connectivity index (χ0n) is 12.5. The quantitative estimate of drug-likeness (QED) is 0.696. The minimum absolute atomic E-state index is 0.169. The van der Waals surface area contributed by atoms with Gasteiger partial charge in [0.2, 0.25) is 5.91 Å². The number of aromatic nitrogens is 2. The van der Waals surface area contributed by atoms with Gasteiger partial charge >= 0.3 is 0 Å². The van der Waals surface area contributed by atoms with Crippen LogP contribution in [0.2, 0.25) is 5.15 Å². The summed E-state index contributed by atoms with van der Waals surface area (Å²) >= 11 is 7.19. The molecule has 0 spiro atoms. The standard InChI is InChI=1S/C17H13ClFN3OS/c18-15-6-5-13(9-20-15)21-16(23)8-14-10-24-17(22-14)7-11-1-3-12(19)4-2-11/h1-6,9-10H,7-8H2,(H,21,23). The summed E-state index contributed by atoms with van der Waals surface area (Å²) in [5, 5.41) is 5.87. The molecule has 2 aromatic heterocycles. The monoisotopic (exact) mass is 361 g/mol. The largest absolute Gasteiger partial charge is 0.324 e. The molecule has 1 aromatic carbocycles. The van der Waals surface area contributed by atoms with E-state index < -0.39 is 0 Å². The zero-order valence-corrected chi connectivity index (χ0v) is 14.1. The Hall–Kier alpha value is -2.31. The Morgan fingerprint density at radius 1 is 1.21 bits per heavy atom. The number of carbonyl (C=O) groups is 1. The fourth-order valence-electron chi connectivity index (χ4n) is 2.11. The van der Waals surface area contributed by atoms with Gasteiger partial charge in [0.1, 0.15) is 11.0 Å². The van der Waals surface area contributed by atoms with Crippen LogP contribution in [0.5, 0.6) is 0 Å². The molecule has 0 aliphatic rings. The van der Waals surface area contributed by atoms with E-state index in [1.807, 2.05) is 5.38 Å². The summed E-state index contributed by atoms with van der Waals surface area (Å²) in [6.07, 6.45) is 2.30. The minimum atomic E-state index is -0.257. The Bertz CT molecular complexity index is 834. The first-order valence-electron chi connectivity index (χ1n) is 7.17. The van der Waals surface area contributed by atoms with Gasteiger partial charge in [-0.2, -0.15) is 0 Å². The van der Waals surface area contributed by atoms with E-state index in [1.54, 1.807) is 24.3 Å². The van der Waals surface area contributed by atoms with Crippen LogP contribution in [0.3, 0.4) is 0 Å². The lowest BCUT2D eigenvalue weighted by atomic mass is 10.1. The summed E-state index contributed by atoms with van der Waals surface area (Å²) < 4.78 is 12.9. The molecule has 0 unspecified atom stereocenters. The van der Waals surface area contributed by atoms with E-state index in [-0.39, 0.29) is 18.1 Å². The van der Waals surface area contributed by atoms with E-state index in [0.29, 0.717) is 23.0 Å². The Balaban J connectivity index is 1.58. The number of hydrogen-bond donors (Lipinski definition) is 1. The van der Waals surface area contributed by atoms with Crippen LogP contribution in [-0.4, -0.2) is 15.9 Å². The Morgan fingerprint density at radius 3 is 2.71 bits per heavy atom. The highest BCUT2D eigenvalue weighted by Crippen LogP contribution is 2.16. The molecule has 0 bridgehead atoms. The summed E-state index contributed by atoms with van der Waals surface area (Å²) in [4.78, 5) is 20.4. The smallest absolute Gasteiger partial charge is 0.230 e. The summed E-state index contributed by atoms with van der Waals surface area (Å²) in [7, 11) is 0. The third-order valence-electron chi connectivity index (χ3n) is 3.22. The molecule has 0 saturated carbocycles.